The van der Waals surface area contributed by atoms with Crippen molar-refractivity contribution < 1.29 is 14.5 Å². The van der Waals surface area contributed by atoms with Crippen molar-refractivity contribution in [3.63, 3.8) is 0 Å². The van der Waals surface area contributed by atoms with Gasteiger partial charge in [-0.1, -0.05) is 12.1 Å². The van der Waals surface area contributed by atoms with Crippen LogP contribution in [0, 0.1) is 16.0 Å². The maximum Gasteiger partial charge on any atom is 0.309 e. The zero-order valence-corrected chi connectivity index (χ0v) is 12.9. The van der Waals surface area contributed by atoms with Gasteiger partial charge in [-0.25, -0.2) is 0 Å². The van der Waals surface area contributed by atoms with Crippen molar-refractivity contribution in [1.82, 2.24) is 4.90 Å². The third kappa shape index (κ3) is 4.53. The molecule has 0 spiro atoms. The minimum atomic E-state index is -0.385. The topological polar surface area (TPSA) is 72.7 Å². The molecule has 6 heteroatoms. The molecular formula is C16H22N2O4. The van der Waals surface area contributed by atoms with Gasteiger partial charge in [0.2, 0.25) is 0 Å². The van der Waals surface area contributed by atoms with Crippen LogP contribution in [0.4, 0.5) is 5.69 Å². The summed E-state index contributed by atoms with van der Waals surface area (Å²) < 4.78 is 5.06. The Labute approximate surface area is 130 Å². The Bertz CT molecular complexity index is 507. The second-order valence-electron chi connectivity index (χ2n) is 5.54. The summed E-state index contributed by atoms with van der Waals surface area (Å²) in [6.07, 6.45) is 2.56. The van der Waals surface area contributed by atoms with Gasteiger partial charge in [-0.2, -0.15) is 0 Å². The van der Waals surface area contributed by atoms with Gasteiger partial charge in [0.25, 0.3) is 5.69 Å². The lowest BCUT2D eigenvalue weighted by Crippen LogP contribution is -2.38. The number of carbonyl (C=O) groups is 1. The van der Waals surface area contributed by atoms with Gasteiger partial charge in [0.1, 0.15) is 0 Å². The predicted octanol–water partition coefficient (Wildman–Crippen LogP) is 2.41. The van der Waals surface area contributed by atoms with E-state index in [0.29, 0.717) is 6.61 Å². The summed E-state index contributed by atoms with van der Waals surface area (Å²) in [4.78, 5) is 24.2. The first kappa shape index (κ1) is 16.4. The SMILES string of the molecule is CCOC(=O)C1CCN(CCc2ccc([N+](=O)[O-])cc2)CC1. The lowest BCUT2D eigenvalue weighted by atomic mass is 9.96. The van der Waals surface area contributed by atoms with E-state index in [1.54, 1.807) is 12.1 Å². The van der Waals surface area contributed by atoms with Crippen LogP contribution in [-0.4, -0.2) is 42.0 Å². The molecule has 1 saturated heterocycles. The molecule has 1 fully saturated rings. The van der Waals surface area contributed by atoms with E-state index in [9.17, 15) is 14.9 Å². The van der Waals surface area contributed by atoms with E-state index in [2.05, 4.69) is 4.90 Å². The molecule has 22 heavy (non-hydrogen) atoms. The highest BCUT2D eigenvalue weighted by atomic mass is 16.6. The fraction of sp³-hybridized carbons (Fsp3) is 0.562. The largest absolute Gasteiger partial charge is 0.466 e. The number of hydrogen-bond acceptors (Lipinski definition) is 5. The quantitative estimate of drug-likeness (QED) is 0.458. The molecule has 1 aliphatic heterocycles. The minimum absolute atomic E-state index is 0.0376. The van der Waals surface area contributed by atoms with Crippen molar-refractivity contribution in [1.29, 1.82) is 0 Å². The highest BCUT2D eigenvalue weighted by Gasteiger charge is 2.25. The van der Waals surface area contributed by atoms with Gasteiger partial charge >= 0.3 is 5.97 Å². The molecule has 0 unspecified atom stereocenters. The number of likely N-dealkylation sites (tertiary alicyclic amines) is 1. The maximum atomic E-state index is 11.7. The van der Waals surface area contributed by atoms with E-state index in [4.69, 9.17) is 4.74 Å². The zero-order valence-electron chi connectivity index (χ0n) is 12.9. The highest BCUT2D eigenvalue weighted by molar-refractivity contribution is 5.72. The second-order valence-corrected chi connectivity index (χ2v) is 5.54. The predicted molar refractivity (Wildman–Crippen MR) is 82.6 cm³/mol. The Balaban J connectivity index is 1.74. The monoisotopic (exact) mass is 306 g/mol. The van der Waals surface area contributed by atoms with Gasteiger partial charge in [0, 0.05) is 18.7 Å². The van der Waals surface area contributed by atoms with Crippen molar-refractivity contribution >= 4 is 11.7 Å². The standard InChI is InChI=1S/C16H22N2O4/c1-2-22-16(19)14-8-11-17(12-9-14)10-7-13-3-5-15(6-4-13)18(20)21/h3-6,14H,2,7-12H2,1H3. The van der Waals surface area contributed by atoms with Crippen LogP contribution < -0.4 is 0 Å². The van der Waals surface area contributed by atoms with Crippen molar-refractivity contribution in [3.8, 4) is 0 Å². The lowest BCUT2D eigenvalue weighted by Gasteiger charge is -2.30. The Morgan fingerprint density at radius 2 is 1.95 bits per heavy atom. The van der Waals surface area contributed by atoms with Crippen LogP contribution in [0.5, 0.6) is 0 Å². The van der Waals surface area contributed by atoms with Crippen LogP contribution in [0.3, 0.4) is 0 Å². The van der Waals surface area contributed by atoms with E-state index in [0.717, 1.165) is 44.5 Å². The number of non-ortho nitro benzene ring substituents is 1. The zero-order chi connectivity index (χ0) is 15.9. The Morgan fingerprint density at radius 3 is 2.50 bits per heavy atom. The first-order chi connectivity index (χ1) is 10.6. The van der Waals surface area contributed by atoms with Crippen LogP contribution in [0.2, 0.25) is 0 Å². The number of nitrogens with zero attached hydrogens (tertiary/aromatic N) is 2. The molecule has 0 saturated carbocycles. The molecule has 0 aromatic heterocycles. The maximum absolute atomic E-state index is 11.7. The fourth-order valence-electron chi connectivity index (χ4n) is 2.72. The number of piperidine rings is 1. The van der Waals surface area contributed by atoms with Crippen LogP contribution in [0.15, 0.2) is 24.3 Å². The van der Waals surface area contributed by atoms with Crippen LogP contribution in [0.1, 0.15) is 25.3 Å². The molecule has 120 valence electrons. The average molecular weight is 306 g/mol. The van der Waals surface area contributed by atoms with Gasteiger partial charge in [0.05, 0.1) is 17.4 Å². The molecule has 1 heterocycles. The number of benzene rings is 1. The molecule has 0 N–H and O–H groups in total. The van der Waals surface area contributed by atoms with E-state index >= 15 is 0 Å². The van der Waals surface area contributed by atoms with E-state index in [1.165, 1.54) is 0 Å². The molecule has 0 aliphatic carbocycles. The summed E-state index contributed by atoms with van der Waals surface area (Å²) in [7, 11) is 0. The van der Waals surface area contributed by atoms with Gasteiger partial charge in [0.15, 0.2) is 0 Å². The molecule has 0 radical (unpaired) electrons. The van der Waals surface area contributed by atoms with Crippen molar-refractivity contribution in [2.75, 3.05) is 26.2 Å². The first-order valence-corrected chi connectivity index (χ1v) is 7.72. The summed E-state index contributed by atoms with van der Waals surface area (Å²) in [5.74, 6) is -0.0342. The molecule has 1 aliphatic rings. The molecule has 0 bridgehead atoms. The van der Waals surface area contributed by atoms with Crippen LogP contribution >= 0.6 is 0 Å². The van der Waals surface area contributed by atoms with E-state index in [1.807, 2.05) is 19.1 Å². The third-order valence-corrected chi connectivity index (χ3v) is 4.07. The van der Waals surface area contributed by atoms with Crippen molar-refractivity contribution in [2.45, 2.75) is 26.2 Å². The number of ether oxygens (including phenoxy) is 1. The molecule has 0 amide bonds. The number of carbonyl (C=O) groups excluding carboxylic acids is 1. The molecule has 1 aromatic carbocycles. The molecule has 2 rings (SSSR count). The summed E-state index contributed by atoms with van der Waals surface area (Å²) in [6, 6.07) is 6.71. The van der Waals surface area contributed by atoms with Gasteiger partial charge in [-0.05, 0) is 44.8 Å². The van der Waals surface area contributed by atoms with Crippen LogP contribution in [0.25, 0.3) is 0 Å². The third-order valence-electron chi connectivity index (χ3n) is 4.07. The molecule has 1 aromatic rings. The van der Waals surface area contributed by atoms with Crippen LogP contribution in [-0.2, 0) is 16.0 Å². The summed E-state index contributed by atoms with van der Waals surface area (Å²) in [5.41, 5.74) is 1.22. The second kappa shape index (κ2) is 7.89. The van der Waals surface area contributed by atoms with Gasteiger partial charge in [-0.3, -0.25) is 14.9 Å². The molecule has 0 atom stereocenters. The number of nitro groups is 1. The van der Waals surface area contributed by atoms with E-state index < -0.39 is 0 Å². The Hall–Kier alpha value is -1.95. The highest BCUT2D eigenvalue weighted by Crippen LogP contribution is 2.19. The first-order valence-electron chi connectivity index (χ1n) is 7.72. The fourth-order valence-corrected chi connectivity index (χ4v) is 2.72. The van der Waals surface area contributed by atoms with Gasteiger partial charge in [-0.15, -0.1) is 0 Å². The number of esters is 1. The number of hydrogen-bond donors (Lipinski definition) is 0. The minimum Gasteiger partial charge on any atom is -0.466 e. The van der Waals surface area contributed by atoms with Crippen molar-refractivity contribution in [2.24, 2.45) is 5.92 Å². The molecular weight excluding hydrogens is 284 g/mol. The number of rotatable bonds is 6. The summed E-state index contributed by atoms with van der Waals surface area (Å²) >= 11 is 0. The Kier molecular flexibility index (Phi) is 5.89. The summed E-state index contributed by atoms with van der Waals surface area (Å²) in [5, 5.41) is 10.6. The van der Waals surface area contributed by atoms with Crippen molar-refractivity contribution in [3.05, 3.63) is 39.9 Å². The lowest BCUT2D eigenvalue weighted by molar-refractivity contribution is -0.384. The summed E-state index contributed by atoms with van der Waals surface area (Å²) in [6.45, 7) is 4.98. The average Bonchev–Trinajstić information content (AvgIpc) is 2.54. The van der Waals surface area contributed by atoms with Gasteiger partial charge < -0.3 is 9.64 Å². The normalized spacial score (nSPS) is 16.4. The Morgan fingerprint density at radius 1 is 1.32 bits per heavy atom. The molecule has 6 nitrogen and oxygen atoms in total. The number of nitro benzene ring substituents is 1. The smallest absolute Gasteiger partial charge is 0.309 e. The van der Waals surface area contributed by atoms with E-state index in [-0.39, 0.29) is 22.5 Å².